The van der Waals surface area contributed by atoms with Gasteiger partial charge in [-0.3, -0.25) is 4.79 Å². The number of fused-ring (bicyclic) bond motifs is 1. The number of aromatic nitrogens is 2. The monoisotopic (exact) mass is 356 g/mol. The largest absolute Gasteiger partial charge is 0.497 e. The van der Waals surface area contributed by atoms with Crippen LogP contribution < -0.4 is 15.4 Å². The molecule has 0 aliphatic heterocycles. The number of amides is 1. The van der Waals surface area contributed by atoms with Gasteiger partial charge in [0.05, 0.1) is 19.2 Å². The minimum atomic E-state index is -0.142. The first-order chi connectivity index (χ1) is 12.2. The minimum absolute atomic E-state index is 0.0998. The van der Waals surface area contributed by atoms with Crippen LogP contribution in [-0.2, 0) is 11.3 Å². The van der Waals surface area contributed by atoms with Crippen molar-refractivity contribution in [2.75, 3.05) is 19.0 Å². The van der Waals surface area contributed by atoms with Gasteiger partial charge in [0.25, 0.3) is 0 Å². The van der Waals surface area contributed by atoms with Crippen molar-refractivity contribution in [3.05, 3.63) is 59.4 Å². The quantitative estimate of drug-likeness (QED) is 0.710. The summed E-state index contributed by atoms with van der Waals surface area (Å²) in [6.45, 7) is 0.524. The van der Waals surface area contributed by atoms with Crippen LogP contribution >= 0.6 is 11.6 Å². The summed E-state index contributed by atoms with van der Waals surface area (Å²) in [5.74, 6) is 1.19. The van der Waals surface area contributed by atoms with Gasteiger partial charge in [0.15, 0.2) is 0 Å². The lowest BCUT2D eigenvalue weighted by atomic mass is 10.2. The number of hydrogen-bond donors (Lipinski definition) is 2. The molecule has 2 aromatic carbocycles. The molecule has 128 valence electrons. The van der Waals surface area contributed by atoms with Gasteiger partial charge in [0.2, 0.25) is 5.91 Å². The molecule has 0 aliphatic rings. The zero-order valence-electron chi connectivity index (χ0n) is 13.6. The van der Waals surface area contributed by atoms with Gasteiger partial charge in [-0.1, -0.05) is 23.7 Å². The topological polar surface area (TPSA) is 76.1 Å². The zero-order valence-corrected chi connectivity index (χ0v) is 14.4. The van der Waals surface area contributed by atoms with Gasteiger partial charge < -0.3 is 15.4 Å². The highest BCUT2D eigenvalue weighted by Gasteiger charge is 2.07. The van der Waals surface area contributed by atoms with Gasteiger partial charge in [-0.25, -0.2) is 9.97 Å². The standard InChI is InChI=1S/C18H17ClN4O2/c1-25-14-4-2-3-12(7-14)9-20-17(24)10-21-18-15-8-13(19)5-6-16(15)22-11-23-18/h2-8,11H,9-10H2,1H3,(H,20,24)(H,21,22,23). The van der Waals surface area contributed by atoms with E-state index in [0.29, 0.717) is 17.4 Å². The third-order valence-corrected chi connectivity index (χ3v) is 3.87. The van der Waals surface area contributed by atoms with Crippen LogP contribution in [-0.4, -0.2) is 29.5 Å². The van der Waals surface area contributed by atoms with E-state index in [0.717, 1.165) is 22.2 Å². The number of ether oxygens (including phenoxy) is 1. The van der Waals surface area contributed by atoms with E-state index in [1.807, 2.05) is 30.3 Å². The number of nitrogens with zero attached hydrogens (tertiary/aromatic N) is 2. The Morgan fingerprint density at radius 3 is 2.92 bits per heavy atom. The molecule has 1 aromatic heterocycles. The molecule has 0 saturated carbocycles. The highest BCUT2D eigenvalue weighted by molar-refractivity contribution is 6.31. The molecule has 0 saturated heterocycles. The molecule has 6 nitrogen and oxygen atoms in total. The van der Waals surface area contributed by atoms with E-state index >= 15 is 0 Å². The molecule has 3 rings (SSSR count). The smallest absolute Gasteiger partial charge is 0.239 e. The molecule has 0 spiro atoms. The van der Waals surface area contributed by atoms with Gasteiger partial charge >= 0.3 is 0 Å². The Bertz CT molecular complexity index is 901. The van der Waals surface area contributed by atoms with Crippen molar-refractivity contribution < 1.29 is 9.53 Å². The summed E-state index contributed by atoms with van der Waals surface area (Å²) in [6.07, 6.45) is 1.45. The number of rotatable bonds is 6. The molecule has 2 N–H and O–H groups in total. The highest BCUT2D eigenvalue weighted by Crippen LogP contribution is 2.22. The van der Waals surface area contributed by atoms with Crippen molar-refractivity contribution in [2.24, 2.45) is 0 Å². The molecule has 0 radical (unpaired) electrons. The first-order valence-electron chi connectivity index (χ1n) is 7.69. The van der Waals surface area contributed by atoms with Crippen molar-refractivity contribution in [3.63, 3.8) is 0 Å². The van der Waals surface area contributed by atoms with Crippen molar-refractivity contribution in [3.8, 4) is 5.75 Å². The maximum Gasteiger partial charge on any atom is 0.239 e. The lowest BCUT2D eigenvalue weighted by Gasteiger charge is -2.10. The van der Waals surface area contributed by atoms with E-state index in [-0.39, 0.29) is 12.5 Å². The van der Waals surface area contributed by atoms with E-state index < -0.39 is 0 Å². The van der Waals surface area contributed by atoms with Crippen LogP contribution in [0.5, 0.6) is 5.75 Å². The zero-order chi connectivity index (χ0) is 17.6. The molecule has 0 fully saturated rings. The Kier molecular flexibility index (Phi) is 5.30. The number of anilines is 1. The number of benzene rings is 2. The first kappa shape index (κ1) is 17.0. The molecule has 0 unspecified atom stereocenters. The Morgan fingerprint density at radius 2 is 2.08 bits per heavy atom. The van der Waals surface area contributed by atoms with Crippen LogP contribution in [0.2, 0.25) is 5.02 Å². The fourth-order valence-corrected chi connectivity index (χ4v) is 2.55. The summed E-state index contributed by atoms with van der Waals surface area (Å²) in [4.78, 5) is 20.4. The third-order valence-electron chi connectivity index (χ3n) is 3.64. The van der Waals surface area contributed by atoms with E-state index in [1.54, 1.807) is 19.2 Å². The molecule has 0 atom stereocenters. The predicted molar refractivity (Wildman–Crippen MR) is 97.9 cm³/mol. The number of hydrogen-bond acceptors (Lipinski definition) is 5. The van der Waals surface area contributed by atoms with Crippen LogP contribution in [0.3, 0.4) is 0 Å². The predicted octanol–water partition coefficient (Wildman–Crippen LogP) is 3.02. The maximum atomic E-state index is 12.1. The number of carbonyl (C=O) groups is 1. The second kappa shape index (κ2) is 7.81. The summed E-state index contributed by atoms with van der Waals surface area (Å²) in [5.41, 5.74) is 1.73. The van der Waals surface area contributed by atoms with Crippen LogP contribution in [0.4, 0.5) is 5.82 Å². The summed E-state index contributed by atoms with van der Waals surface area (Å²) in [5, 5.41) is 7.24. The summed E-state index contributed by atoms with van der Waals surface area (Å²) < 4.78 is 5.17. The molecular formula is C18H17ClN4O2. The van der Waals surface area contributed by atoms with Gasteiger partial charge in [0.1, 0.15) is 17.9 Å². The molecular weight excluding hydrogens is 340 g/mol. The average molecular weight is 357 g/mol. The fraction of sp³-hybridized carbons (Fsp3) is 0.167. The normalized spacial score (nSPS) is 10.5. The van der Waals surface area contributed by atoms with E-state index in [1.165, 1.54) is 6.33 Å². The second-order valence-electron chi connectivity index (χ2n) is 5.37. The number of halogens is 1. The van der Waals surface area contributed by atoms with Gasteiger partial charge in [-0.2, -0.15) is 0 Å². The Hall–Kier alpha value is -2.86. The van der Waals surface area contributed by atoms with E-state index in [9.17, 15) is 4.79 Å². The number of methoxy groups -OCH3 is 1. The molecule has 0 aliphatic carbocycles. The lowest BCUT2D eigenvalue weighted by Crippen LogP contribution is -2.29. The Balaban J connectivity index is 1.60. The van der Waals surface area contributed by atoms with Gasteiger partial charge in [-0.15, -0.1) is 0 Å². The van der Waals surface area contributed by atoms with Crippen LogP contribution in [0.1, 0.15) is 5.56 Å². The summed E-state index contributed by atoms with van der Waals surface area (Å²) in [6, 6.07) is 12.9. The summed E-state index contributed by atoms with van der Waals surface area (Å²) in [7, 11) is 1.61. The van der Waals surface area contributed by atoms with Crippen molar-refractivity contribution in [1.82, 2.24) is 15.3 Å². The van der Waals surface area contributed by atoms with Crippen molar-refractivity contribution in [2.45, 2.75) is 6.54 Å². The average Bonchev–Trinajstić information content (AvgIpc) is 2.64. The minimum Gasteiger partial charge on any atom is -0.497 e. The molecule has 1 heterocycles. The Labute approximate surface area is 150 Å². The SMILES string of the molecule is COc1cccc(CNC(=O)CNc2ncnc3ccc(Cl)cc23)c1. The van der Waals surface area contributed by atoms with Gasteiger partial charge in [0, 0.05) is 17.0 Å². The molecule has 25 heavy (non-hydrogen) atoms. The van der Waals surface area contributed by atoms with Gasteiger partial charge in [-0.05, 0) is 35.9 Å². The van der Waals surface area contributed by atoms with E-state index in [2.05, 4.69) is 20.6 Å². The molecule has 3 aromatic rings. The fourth-order valence-electron chi connectivity index (χ4n) is 2.38. The van der Waals surface area contributed by atoms with E-state index in [4.69, 9.17) is 16.3 Å². The van der Waals surface area contributed by atoms with Crippen LogP contribution in [0.15, 0.2) is 48.8 Å². The third kappa shape index (κ3) is 4.36. The van der Waals surface area contributed by atoms with Crippen molar-refractivity contribution in [1.29, 1.82) is 0 Å². The van der Waals surface area contributed by atoms with Crippen LogP contribution in [0.25, 0.3) is 10.9 Å². The van der Waals surface area contributed by atoms with Crippen LogP contribution in [0, 0.1) is 0 Å². The number of carbonyl (C=O) groups excluding carboxylic acids is 1. The molecule has 1 amide bonds. The maximum absolute atomic E-state index is 12.1. The highest BCUT2D eigenvalue weighted by atomic mass is 35.5. The molecule has 7 heteroatoms. The second-order valence-corrected chi connectivity index (χ2v) is 5.80. The first-order valence-corrected chi connectivity index (χ1v) is 8.07. The number of nitrogens with one attached hydrogen (secondary N) is 2. The molecule has 0 bridgehead atoms. The summed E-state index contributed by atoms with van der Waals surface area (Å²) >= 11 is 6.02. The Morgan fingerprint density at radius 1 is 1.20 bits per heavy atom. The lowest BCUT2D eigenvalue weighted by molar-refractivity contribution is -0.119. The van der Waals surface area contributed by atoms with Crippen molar-refractivity contribution >= 4 is 34.2 Å².